The molecule has 2 aromatic heterocycles. The molecule has 7 heteroatoms. The number of oxazole rings is 1. The van der Waals surface area contributed by atoms with Crippen LogP contribution in [0, 0.1) is 6.92 Å². The summed E-state index contributed by atoms with van der Waals surface area (Å²) in [5.74, 6) is 1.72. The van der Waals surface area contributed by atoms with Crippen molar-refractivity contribution in [3.63, 3.8) is 0 Å². The maximum atomic E-state index is 11.6. The van der Waals surface area contributed by atoms with Gasteiger partial charge in [-0.2, -0.15) is 0 Å². The van der Waals surface area contributed by atoms with E-state index >= 15 is 0 Å². The zero-order valence-corrected chi connectivity index (χ0v) is 11.0. The number of hydrogen-bond acceptors (Lipinski definition) is 6. The summed E-state index contributed by atoms with van der Waals surface area (Å²) >= 11 is 0. The smallest absolute Gasteiger partial charge is 0.273 e. The van der Waals surface area contributed by atoms with Gasteiger partial charge in [0.05, 0.1) is 12.7 Å². The normalized spacial score (nSPS) is 10.3. The Morgan fingerprint density at radius 3 is 2.68 bits per heavy atom. The highest BCUT2D eigenvalue weighted by Gasteiger charge is 2.10. The van der Waals surface area contributed by atoms with Gasteiger partial charge >= 0.3 is 0 Å². The molecule has 0 saturated carbocycles. The molecule has 0 aromatic carbocycles. The van der Waals surface area contributed by atoms with Crippen molar-refractivity contribution in [2.24, 2.45) is 0 Å². The first kappa shape index (κ1) is 13.0. The van der Waals surface area contributed by atoms with Crippen molar-refractivity contribution in [1.29, 1.82) is 0 Å². The Balaban J connectivity index is 1.97. The van der Waals surface area contributed by atoms with E-state index in [9.17, 15) is 4.79 Å². The Hall–Kier alpha value is -2.44. The van der Waals surface area contributed by atoms with E-state index < -0.39 is 0 Å². The van der Waals surface area contributed by atoms with Crippen molar-refractivity contribution >= 4 is 11.7 Å². The molecule has 0 aliphatic rings. The minimum Gasteiger partial charge on any atom is -0.444 e. The average molecular weight is 261 g/mol. The molecule has 19 heavy (non-hydrogen) atoms. The first-order chi connectivity index (χ1) is 9.06. The maximum absolute atomic E-state index is 11.6. The fourth-order valence-corrected chi connectivity index (χ4v) is 1.42. The van der Waals surface area contributed by atoms with Gasteiger partial charge in [0.1, 0.15) is 11.6 Å². The molecule has 0 radical (unpaired) electrons. The Morgan fingerprint density at radius 1 is 1.37 bits per heavy atom. The summed E-state index contributed by atoms with van der Waals surface area (Å²) < 4.78 is 5.32. The van der Waals surface area contributed by atoms with Gasteiger partial charge in [0.15, 0.2) is 5.69 Å². The van der Waals surface area contributed by atoms with Crippen LogP contribution in [0.1, 0.15) is 22.1 Å². The van der Waals surface area contributed by atoms with Crippen molar-refractivity contribution in [2.75, 3.05) is 19.4 Å². The van der Waals surface area contributed by atoms with Crippen molar-refractivity contribution in [3.05, 3.63) is 35.7 Å². The Kier molecular flexibility index (Phi) is 3.74. The lowest BCUT2D eigenvalue weighted by atomic mass is 10.3. The van der Waals surface area contributed by atoms with Crippen LogP contribution >= 0.6 is 0 Å². The molecule has 2 rings (SSSR count). The number of carbonyl (C=O) groups excluding carboxylic acids is 1. The molecular weight excluding hydrogens is 246 g/mol. The third-order valence-corrected chi connectivity index (χ3v) is 2.38. The van der Waals surface area contributed by atoms with Crippen LogP contribution in [0.15, 0.2) is 22.7 Å². The molecule has 0 fully saturated rings. The third-order valence-electron chi connectivity index (χ3n) is 2.38. The monoisotopic (exact) mass is 261 g/mol. The third kappa shape index (κ3) is 3.27. The molecule has 7 nitrogen and oxygen atoms in total. The summed E-state index contributed by atoms with van der Waals surface area (Å²) in [6.45, 7) is 2.25. The lowest BCUT2D eigenvalue weighted by Gasteiger charge is -2.09. The fraction of sp³-hybridized carbons (Fsp3) is 0.333. The van der Waals surface area contributed by atoms with Gasteiger partial charge in [0, 0.05) is 14.1 Å². The van der Waals surface area contributed by atoms with Gasteiger partial charge in [-0.05, 0) is 19.1 Å². The van der Waals surface area contributed by atoms with E-state index in [2.05, 4.69) is 20.5 Å². The highest BCUT2D eigenvalue weighted by molar-refractivity contribution is 5.91. The topological polar surface area (TPSA) is 84.2 Å². The van der Waals surface area contributed by atoms with Crippen molar-refractivity contribution < 1.29 is 9.21 Å². The van der Waals surface area contributed by atoms with Gasteiger partial charge in [0.25, 0.3) is 5.91 Å². The average Bonchev–Trinajstić information content (AvgIpc) is 2.82. The molecule has 1 N–H and O–H groups in total. The summed E-state index contributed by atoms with van der Waals surface area (Å²) in [4.78, 5) is 17.1. The van der Waals surface area contributed by atoms with Gasteiger partial charge in [-0.25, -0.2) is 4.98 Å². The van der Waals surface area contributed by atoms with Crippen LogP contribution in [0.4, 0.5) is 5.82 Å². The number of anilines is 1. The second-order valence-electron chi connectivity index (χ2n) is 4.22. The van der Waals surface area contributed by atoms with Crippen LogP contribution in [0.2, 0.25) is 0 Å². The van der Waals surface area contributed by atoms with Crippen LogP contribution < -0.4 is 5.32 Å². The number of carbonyl (C=O) groups is 1. The van der Waals surface area contributed by atoms with Crippen LogP contribution in [0.3, 0.4) is 0 Å². The van der Waals surface area contributed by atoms with E-state index in [4.69, 9.17) is 4.42 Å². The quantitative estimate of drug-likeness (QED) is 0.886. The van der Waals surface area contributed by atoms with E-state index in [0.29, 0.717) is 23.9 Å². The molecule has 0 aliphatic heterocycles. The SMILES string of the molecule is Cc1cnc(CNc2ccc(C(=O)N(C)C)nn2)o1. The fourth-order valence-electron chi connectivity index (χ4n) is 1.42. The number of hydrogen-bond donors (Lipinski definition) is 1. The predicted octanol–water partition coefficient (Wildman–Crippen LogP) is 1.09. The molecule has 1 amide bonds. The highest BCUT2D eigenvalue weighted by atomic mass is 16.4. The van der Waals surface area contributed by atoms with Crippen molar-refractivity contribution in [2.45, 2.75) is 13.5 Å². The highest BCUT2D eigenvalue weighted by Crippen LogP contribution is 2.07. The molecule has 0 unspecified atom stereocenters. The molecule has 2 aromatic rings. The number of nitrogens with zero attached hydrogens (tertiary/aromatic N) is 4. The Bertz CT molecular complexity index is 562. The minimum absolute atomic E-state index is 0.178. The summed E-state index contributed by atoms with van der Waals surface area (Å²) in [6, 6.07) is 3.32. The van der Waals surface area contributed by atoms with Crippen molar-refractivity contribution in [3.8, 4) is 0 Å². The number of nitrogens with one attached hydrogen (secondary N) is 1. The van der Waals surface area contributed by atoms with Gasteiger partial charge in [-0.15, -0.1) is 10.2 Å². The predicted molar refractivity (Wildman–Crippen MR) is 68.6 cm³/mol. The number of rotatable bonds is 4. The molecule has 0 bridgehead atoms. The summed E-state index contributed by atoms with van der Waals surface area (Å²) in [7, 11) is 3.34. The van der Waals surface area contributed by atoms with E-state index in [1.807, 2.05) is 6.92 Å². The van der Waals surface area contributed by atoms with Gasteiger partial charge < -0.3 is 14.6 Å². The Labute approximate surface area is 110 Å². The number of aryl methyl sites for hydroxylation is 1. The lowest BCUT2D eigenvalue weighted by molar-refractivity contribution is 0.0821. The molecule has 0 atom stereocenters. The van der Waals surface area contributed by atoms with E-state index in [1.165, 1.54) is 4.90 Å². The summed E-state index contributed by atoms with van der Waals surface area (Å²) in [5.41, 5.74) is 0.308. The van der Waals surface area contributed by atoms with Gasteiger partial charge in [-0.3, -0.25) is 4.79 Å². The Morgan fingerprint density at radius 2 is 2.16 bits per heavy atom. The zero-order chi connectivity index (χ0) is 13.8. The first-order valence-electron chi connectivity index (χ1n) is 5.77. The minimum atomic E-state index is -0.178. The molecule has 0 spiro atoms. The standard InChI is InChI=1S/C12H15N5O2/c1-8-6-14-11(19-8)7-13-10-5-4-9(15-16-10)12(18)17(2)3/h4-6H,7H2,1-3H3,(H,13,16). The summed E-state index contributed by atoms with van der Waals surface area (Å²) in [6.07, 6.45) is 1.65. The largest absolute Gasteiger partial charge is 0.444 e. The lowest BCUT2D eigenvalue weighted by Crippen LogP contribution is -2.23. The second-order valence-corrected chi connectivity index (χ2v) is 4.22. The second kappa shape index (κ2) is 5.47. The molecule has 100 valence electrons. The van der Waals surface area contributed by atoms with Crippen LogP contribution in [0.25, 0.3) is 0 Å². The molecule has 0 saturated heterocycles. The first-order valence-corrected chi connectivity index (χ1v) is 5.77. The van der Waals surface area contributed by atoms with Gasteiger partial charge in [0.2, 0.25) is 5.89 Å². The van der Waals surface area contributed by atoms with E-state index in [-0.39, 0.29) is 5.91 Å². The number of aromatic nitrogens is 3. The van der Waals surface area contributed by atoms with E-state index in [1.54, 1.807) is 32.4 Å². The maximum Gasteiger partial charge on any atom is 0.273 e. The van der Waals surface area contributed by atoms with E-state index in [0.717, 1.165) is 5.76 Å². The molecule has 0 aliphatic carbocycles. The van der Waals surface area contributed by atoms with Gasteiger partial charge in [-0.1, -0.05) is 0 Å². The van der Waals surface area contributed by atoms with Crippen LogP contribution in [-0.4, -0.2) is 40.1 Å². The summed E-state index contributed by atoms with van der Waals surface area (Å²) in [5, 5.41) is 10.8. The van der Waals surface area contributed by atoms with Crippen molar-refractivity contribution in [1.82, 2.24) is 20.1 Å². The number of amides is 1. The molecular formula is C12H15N5O2. The van der Waals surface area contributed by atoms with Crippen LogP contribution in [-0.2, 0) is 6.54 Å². The zero-order valence-electron chi connectivity index (χ0n) is 11.0. The molecule has 2 heterocycles. The van der Waals surface area contributed by atoms with Crippen LogP contribution in [0.5, 0.6) is 0 Å².